The Morgan fingerprint density at radius 2 is 2.09 bits per heavy atom. The van der Waals surface area contributed by atoms with Crippen molar-refractivity contribution in [2.75, 3.05) is 5.32 Å². The smallest absolute Gasteiger partial charge is 0.275 e. The zero-order valence-corrected chi connectivity index (χ0v) is 12.4. The lowest BCUT2D eigenvalue weighted by molar-refractivity contribution is 0.102. The van der Waals surface area contributed by atoms with Gasteiger partial charge in [-0.2, -0.15) is 0 Å². The number of pyridine rings is 1. The van der Waals surface area contributed by atoms with Crippen LogP contribution in [0.15, 0.2) is 48.8 Å². The summed E-state index contributed by atoms with van der Waals surface area (Å²) in [6, 6.07) is 11.0. The van der Waals surface area contributed by atoms with Crippen LogP contribution in [-0.2, 0) is 0 Å². The number of benzene rings is 1. The fraction of sp³-hybridized carbons (Fsp3) is 0.176. The minimum absolute atomic E-state index is 0.274. The molecule has 0 aliphatic carbocycles. The number of hydrogen-bond acceptors (Lipinski definition) is 3. The van der Waals surface area contributed by atoms with E-state index in [0.717, 1.165) is 16.8 Å². The molecule has 0 bridgehead atoms. The second-order valence-electron chi connectivity index (χ2n) is 5.35. The van der Waals surface area contributed by atoms with Gasteiger partial charge in [0.15, 0.2) is 0 Å². The molecule has 0 aliphatic rings. The predicted molar refractivity (Wildman–Crippen MR) is 85.0 cm³/mol. The molecule has 112 valence electrons. The maximum atomic E-state index is 12.3. The van der Waals surface area contributed by atoms with E-state index in [0.29, 0.717) is 11.4 Å². The van der Waals surface area contributed by atoms with Crippen LogP contribution in [0.5, 0.6) is 0 Å². The molecule has 1 amide bonds. The summed E-state index contributed by atoms with van der Waals surface area (Å²) in [5.74, 6) is -0.274. The quantitative estimate of drug-likeness (QED) is 0.780. The van der Waals surface area contributed by atoms with Gasteiger partial charge < -0.3 is 14.8 Å². The molecule has 5 heteroatoms. The summed E-state index contributed by atoms with van der Waals surface area (Å²) in [6.07, 6.45) is 3.05. The van der Waals surface area contributed by atoms with Gasteiger partial charge in [-0.25, -0.2) is 4.98 Å². The molecule has 3 rings (SSSR count). The molecular weight excluding hydrogens is 278 g/mol. The van der Waals surface area contributed by atoms with Crippen LogP contribution in [0.2, 0.25) is 0 Å². The van der Waals surface area contributed by atoms with Crippen LogP contribution in [-0.4, -0.2) is 20.4 Å². The first kappa shape index (κ1) is 14.3. The van der Waals surface area contributed by atoms with Crippen LogP contribution in [0.25, 0.3) is 5.65 Å². The Balaban J connectivity index is 1.85. The molecule has 1 aromatic carbocycles. The Labute approximate surface area is 128 Å². The van der Waals surface area contributed by atoms with E-state index in [9.17, 15) is 9.90 Å². The van der Waals surface area contributed by atoms with E-state index >= 15 is 0 Å². The number of aliphatic hydroxyl groups is 1. The Morgan fingerprint density at radius 3 is 2.86 bits per heavy atom. The van der Waals surface area contributed by atoms with Gasteiger partial charge in [0, 0.05) is 18.1 Å². The molecule has 0 saturated heterocycles. The van der Waals surface area contributed by atoms with Gasteiger partial charge in [0.1, 0.15) is 11.3 Å². The molecule has 22 heavy (non-hydrogen) atoms. The molecular formula is C17H17N3O2. The summed E-state index contributed by atoms with van der Waals surface area (Å²) in [7, 11) is 0. The molecule has 2 N–H and O–H groups in total. The van der Waals surface area contributed by atoms with Crippen molar-refractivity contribution in [2.24, 2.45) is 0 Å². The molecule has 0 fully saturated rings. The molecule has 0 unspecified atom stereocenters. The first-order valence-electron chi connectivity index (χ1n) is 7.07. The number of amides is 1. The highest BCUT2D eigenvalue weighted by Crippen LogP contribution is 2.18. The van der Waals surface area contributed by atoms with Gasteiger partial charge in [-0.1, -0.05) is 18.2 Å². The van der Waals surface area contributed by atoms with Crippen LogP contribution in [0.4, 0.5) is 5.69 Å². The third-order valence-electron chi connectivity index (χ3n) is 3.46. The highest BCUT2D eigenvalue weighted by molar-refractivity contribution is 6.03. The zero-order valence-electron chi connectivity index (χ0n) is 12.4. The number of rotatable bonds is 3. The SMILES string of the molecule is Cc1ccc2nc(C(=O)Nc3cccc([C@H](C)O)c3)cn2c1. The molecule has 5 nitrogen and oxygen atoms in total. The van der Waals surface area contributed by atoms with Crippen molar-refractivity contribution < 1.29 is 9.90 Å². The number of aliphatic hydroxyl groups excluding tert-OH is 1. The standard InChI is InChI=1S/C17H17N3O2/c1-11-6-7-16-19-15(10-20(16)9-11)17(22)18-14-5-3-4-13(8-14)12(2)21/h3-10,12,21H,1-2H3,(H,18,22)/t12-/m0/s1. The monoisotopic (exact) mass is 295 g/mol. The van der Waals surface area contributed by atoms with Crippen molar-refractivity contribution in [2.45, 2.75) is 20.0 Å². The second kappa shape index (κ2) is 5.61. The van der Waals surface area contributed by atoms with Gasteiger partial charge in [0.25, 0.3) is 5.91 Å². The van der Waals surface area contributed by atoms with Crippen LogP contribution in [0.3, 0.4) is 0 Å². The number of aromatic nitrogens is 2. The van der Waals surface area contributed by atoms with E-state index in [4.69, 9.17) is 0 Å². The molecule has 0 spiro atoms. The minimum Gasteiger partial charge on any atom is -0.389 e. The van der Waals surface area contributed by atoms with Gasteiger partial charge in [0.05, 0.1) is 6.10 Å². The highest BCUT2D eigenvalue weighted by atomic mass is 16.3. The minimum atomic E-state index is -0.574. The number of carbonyl (C=O) groups is 1. The highest BCUT2D eigenvalue weighted by Gasteiger charge is 2.11. The van der Waals surface area contributed by atoms with E-state index in [1.54, 1.807) is 31.3 Å². The van der Waals surface area contributed by atoms with E-state index in [2.05, 4.69) is 10.3 Å². The number of fused-ring (bicyclic) bond motifs is 1. The average molecular weight is 295 g/mol. The van der Waals surface area contributed by atoms with Crippen LogP contribution >= 0.6 is 0 Å². The third kappa shape index (κ3) is 2.84. The van der Waals surface area contributed by atoms with Crippen LogP contribution in [0, 0.1) is 6.92 Å². The van der Waals surface area contributed by atoms with E-state index in [-0.39, 0.29) is 5.91 Å². The second-order valence-corrected chi connectivity index (χ2v) is 5.35. The van der Waals surface area contributed by atoms with Gasteiger partial charge in [-0.15, -0.1) is 0 Å². The largest absolute Gasteiger partial charge is 0.389 e. The fourth-order valence-electron chi connectivity index (χ4n) is 2.28. The Bertz CT molecular complexity index is 837. The predicted octanol–water partition coefficient (Wildman–Crippen LogP) is 2.95. The summed E-state index contributed by atoms with van der Waals surface area (Å²) in [5, 5.41) is 12.4. The Kier molecular flexibility index (Phi) is 3.65. The number of nitrogens with one attached hydrogen (secondary N) is 1. The maximum Gasteiger partial charge on any atom is 0.275 e. The fourth-order valence-corrected chi connectivity index (χ4v) is 2.28. The summed E-state index contributed by atoms with van der Waals surface area (Å²) >= 11 is 0. The number of hydrogen-bond donors (Lipinski definition) is 2. The molecule has 0 radical (unpaired) electrons. The van der Waals surface area contributed by atoms with E-state index < -0.39 is 6.10 Å². The lowest BCUT2D eigenvalue weighted by atomic mass is 10.1. The first-order chi connectivity index (χ1) is 10.5. The average Bonchev–Trinajstić information content (AvgIpc) is 2.90. The molecule has 0 aliphatic heterocycles. The van der Waals surface area contributed by atoms with Crippen molar-refractivity contribution in [1.29, 1.82) is 0 Å². The molecule has 0 saturated carbocycles. The number of aryl methyl sites for hydroxylation is 1. The number of carbonyl (C=O) groups excluding carboxylic acids is 1. The lowest BCUT2D eigenvalue weighted by Crippen LogP contribution is -2.12. The first-order valence-corrected chi connectivity index (χ1v) is 7.07. The molecule has 2 heterocycles. The maximum absolute atomic E-state index is 12.3. The number of imidazole rings is 1. The Hall–Kier alpha value is -2.66. The summed E-state index contributed by atoms with van der Waals surface area (Å²) in [4.78, 5) is 16.6. The van der Waals surface area contributed by atoms with Crippen LogP contribution < -0.4 is 5.32 Å². The topological polar surface area (TPSA) is 66.6 Å². The zero-order chi connectivity index (χ0) is 15.7. The van der Waals surface area contributed by atoms with E-state index in [1.165, 1.54) is 0 Å². The van der Waals surface area contributed by atoms with E-state index in [1.807, 2.05) is 35.7 Å². The molecule has 3 aromatic rings. The molecule has 2 aromatic heterocycles. The normalized spacial score (nSPS) is 12.3. The van der Waals surface area contributed by atoms with Crippen molar-refractivity contribution in [3.8, 4) is 0 Å². The van der Waals surface area contributed by atoms with Crippen molar-refractivity contribution in [1.82, 2.24) is 9.38 Å². The van der Waals surface area contributed by atoms with Crippen molar-refractivity contribution in [3.05, 3.63) is 65.6 Å². The molecule has 1 atom stereocenters. The summed E-state index contributed by atoms with van der Waals surface area (Å²) in [5.41, 5.74) is 3.57. The third-order valence-corrected chi connectivity index (χ3v) is 3.46. The van der Waals surface area contributed by atoms with Gasteiger partial charge in [-0.3, -0.25) is 4.79 Å². The Morgan fingerprint density at radius 1 is 1.27 bits per heavy atom. The number of anilines is 1. The van der Waals surface area contributed by atoms with Gasteiger partial charge >= 0.3 is 0 Å². The summed E-state index contributed by atoms with van der Waals surface area (Å²) < 4.78 is 1.83. The van der Waals surface area contributed by atoms with Gasteiger partial charge in [-0.05, 0) is 43.2 Å². The number of nitrogens with zero attached hydrogens (tertiary/aromatic N) is 2. The van der Waals surface area contributed by atoms with Crippen LogP contribution in [0.1, 0.15) is 34.6 Å². The van der Waals surface area contributed by atoms with Gasteiger partial charge in [0.2, 0.25) is 0 Å². The summed E-state index contributed by atoms with van der Waals surface area (Å²) in [6.45, 7) is 3.67. The lowest BCUT2D eigenvalue weighted by Gasteiger charge is -2.08. The van der Waals surface area contributed by atoms with Crippen molar-refractivity contribution >= 4 is 17.2 Å². The van der Waals surface area contributed by atoms with Crippen molar-refractivity contribution in [3.63, 3.8) is 0 Å².